The van der Waals surface area contributed by atoms with Crippen molar-refractivity contribution in [2.75, 3.05) is 32.7 Å². The zero-order valence-corrected chi connectivity index (χ0v) is 14.4. The van der Waals surface area contributed by atoms with E-state index in [1.165, 1.54) is 0 Å². The number of hydrogen-bond acceptors (Lipinski definition) is 5. The van der Waals surface area contributed by atoms with Crippen LogP contribution < -0.4 is 10.9 Å². The van der Waals surface area contributed by atoms with Crippen molar-refractivity contribution in [1.29, 1.82) is 0 Å². The highest BCUT2D eigenvalue weighted by atomic mass is 16.4. The highest BCUT2D eigenvalue weighted by Gasteiger charge is 2.32. The van der Waals surface area contributed by atoms with Gasteiger partial charge < -0.3 is 19.5 Å². The first-order valence-electron chi connectivity index (χ1n) is 8.96. The maximum absolute atomic E-state index is 12.9. The van der Waals surface area contributed by atoms with E-state index in [2.05, 4.69) is 5.32 Å². The Labute approximate surface area is 150 Å². The summed E-state index contributed by atoms with van der Waals surface area (Å²) in [5, 5.41) is 3.79. The van der Waals surface area contributed by atoms with Crippen molar-refractivity contribution in [2.45, 2.75) is 18.9 Å². The molecule has 7 nitrogen and oxygen atoms in total. The van der Waals surface area contributed by atoms with Gasteiger partial charge in [0.05, 0.1) is 6.54 Å². The number of nitrogens with zero attached hydrogens (tertiary/aromatic N) is 2. The molecule has 0 aliphatic carbocycles. The molecule has 26 heavy (non-hydrogen) atoms. The molecule has 3 heterocycles. The maximum Gasteiger partial charge on any atom is 0.349 e. The highest BCUT2D eigenvalue weighted by molar-refractivity contribution is 5.96. The number of amides is 2. The maximum atomic E-state index is 12.9. The summed E-state index contributed by atoms with van der Waals surface area (Å²) in [5.74, 6) is -0.252. The number of hydrogen-bond donors (Lipinski definition) is 1. The molecule has 1 unspecified atom stereocenters. The van der Waals surface area contributed by atoms with Gasteiger partial charge in [0.1, 0.15) is 11.1 Å². The smallest absolute Gasteiger partial charge is 0.349 e. The third-order valence-electron chi connectivity index (χ3n) is 5.12. The van der Waals surface area contributed by atoms with Crippen molar-refractivity contribution in [2.24, 2.45) is 0 Å². The Hall–Kier alpha value is -2.67. The molecule has 1 N–H and O–H groups in total. The lowest BCUT2D eigenvalue weighted by molar-refractivity contribution is -0.135. The molecular weight excluding hydrogens is 334 g/mol. The second kappa shape index (κ2) is 6.92. The molecule has 1 aromatic carbocycles. The van der Waals surface area contributed by atoms with Gasteiger partial charge in [0.2, 0.25) is 5.91 Å². The van der Waals surface area contributed by atoms with E-state index in [1.54, 1.807) is 23.1 Å². The van der Waals surface area contributed by atoms with E-state index in [0.29, 0.717) is 31.8 Å². The number of carbonyl (C=O) groups excluding carboxylic acids is 2. The Kier molecular flexibility index (Phi) is 4.46. The molecule has 4 rings (SSSR count). The summed E-state index contributed by atoms with van der Waals surface area (Å²) < 4.78 is 5.29. The lowest BCUT2D eigenvalue weighted by atomic mass is 10.0. The molecule has 7 heteroatoms. The van der Waals surface area contributed by atoms with Crippen molar-refractivity contribution in [3.05, 3.63) is 46.3 Å². The second-order valence-electron chi connectivity index (χ2n) is 6.80. The Morgan fingerprint density at radius 2 is 2.04 bits per heavy atom. The molecule has 2 amide bonds. The van der Waals surface area contributed by atoms with Crippen molar-refractivity contribution in [3.63, 3.8) is 0 Å². The van der Waals surface area contributed by atoms with Crippen molar-refractivity contribution in [1.82, 2.24) is 15.1 Å². The largest absolute Gasteiger partial charge is 0.422 e. The van der Waals surface area contributed by atoms with Crippen molar-refractivity contribution in [3.8, 4) is 0 Å². The molecule has 2 fully saturated rings. The number of fused-ring (bicyclic) bond motifs is 1. The molecule has 2 aliphatic heterocycles. The van der Waals surface area contributed by atoms with E-state index < -0.39 is 5.63 Å². The second-order valence-corrected chi connectivity index (χ2v) is 6.80. The third kappa shape index (κ3) is 3.10. The minimum absolute atomic E-state index is 0.00907. The molecule has 0 radical (unpaired) electrons. The van der Waals surface area contributed by atoms with Gasteiger partial charge in [-0.3, -0.25) is 9.59 Å². The van der Waals surface area contributed by atoms with Crippen LogP contribution in [0.25, 0.3) is 11.0 Å². The van der Waals surface area contributed by atoms with Crippen LogP contribution in [-0.2, 0) is 4.79 Å². The van der Waals surface area contributed by atoms with Crippen molar-refractivity contribution >= 4 is 22.8 Å². The normalized spacial score (nSPS) is 21.2. The fourth-order valence-electron chi connectivity index (χ4n) is 3.78. The summed E-state index contributed by atoms with van der Waals surface area (Å²) in [6.07, 6.45) is 1.69. The minimum atomic E-state index is -0.617. The highest BCUT2D eigenvalue weighted by Crippen LogP contribution is 2.20. The average Bonchev–Trinajstić information content (AvgIpc) is 2.67. The Morgan fingerprint density at radius 1 is 1.19 bits per heavy atom. The van der Waals surface area contributed by atoms with Gasteiger partial charge in [-0.1, -0.05) is 18.2 Å². The molecule has 2 aliphatic rings. The van der Waals surface area contributed by atoms with Crippen LogP contribution in [0.5, 0.6) is 0 Å². The third-order valence-corrected chi connectivity index (χ3v) is 5.12. The quantitative estimate of drug-likeness (QED) is 0.807. The number of piperazine rings is 1. The van der Waals surface area contributed by atoms with Gasteiger partial charge in [-0.15, -0.1) is 0 Å². The standard InChI is InChI=1S/C19H21N3O4/c23-17-11-20-7-9-22(17)14-5-3-8-21(12-14)18(24)15-10-13-4-1-2-6-16(13)26-19(15)25/h1-2,4,6,10,14,20H,3,5,7-9,11-12H2. The number of benzene rings is 1. The molecule has 136 valence electrons. The van der Waals surface area contributed by atoms with Crippen LogP contribution in [-0.4, -0.2) is 60.4 Å². The van der Waals surface area contributed by atoms with Crippen LogP contribution in [0, 0.1) is 0 Å². The first-order valence-corrected chi connectivity index (χ1v) is 8.96. The molecule has 0 saturated carbocycles. The molecule has 1 aromatic heterocycles. The van der Waals surface area contributed by atoms with Crippen LogP contribution in [0.3, 0.4) is 0 Å². The zero-order valence-electron chi connectivity index (χ0n) is 14.4. The predicted molar refractivity (Wildman–Crippen MR) is 96.0 cm³/mol. The van der Waals surface area contributed by atoms with Crippen LogP contribution in [0.15, 0.2) is 39.5 Å². The summed E-state index contributed by atoms with van der Waals surface area (Å²) in [6.45, 7) is 2.81. The number of carbonyl (C=O) groups is 2. The van der Waals surface area contributed by atoms with Gasteiger partial charge in [0.25, 0.3) is 5.91 Å². The first kappa shape index (κ1) is 16.8. The van der Waals surface area contributed by atoms with Gasteiger partial charge in [0.15, 0.2) is 0 Å². The van der Waals surface area contributed by atoms with Crippen molar-refractivity contribution < 1.29 is 14.0 Å². The molecule has 0 bridgehead atoms. The molecule has 1 atom stereocenters. The van der Waals surface area contributed by atoms with E-state index in [4.69, 9.17) is 4.42 Å². The molecule has 0 spiro atoms. The summed E-state index contributed by atoms with van der Waals surface area (Å²) in [5.41, 5.74) is -0.0953. The van der Waals surface area contributed by atoms with Gasteiger partial charge in [-0.05, 0) is 25.0 Å². The Morgan fingerprint density at radius 3 is 2.88 bits per heavy atom. The van der Waals surface area contributed by atoms with E-state index in [9.17, 15) is 14.4 Å². The monoisotopic (exact) mass is 355 g/mol. The summed E-state index contributed by atoms with van der Waals surface area (Å²) >= 11 is 0. The molecule has 2 saturated heterocycles. The first-order chi connectivity index (χ1) is 12.6. The average molecular weight is 355 g/mol. The van der Waals surface area contributed by atoms with Crippen LogP contribution in [0.4, 0.5) is 0 Å². The van der Waals surface area contributed by atoms with Gasteiger partial charge in [-0.2, -0.15) is 0 Å². The van der Waals surface area contributed by atoms with Crippen LogP contribution >= 0.6 is 0 Å². The number of likely N-dealkylation sites (tertiary alicyclic amines) is 1. The molecule has 2 aromatic rings. The topological polar surface area (TPSA) is 82.9 Å². The predicted octanol–water partition coefficient (Wildman–Crippen LogP) is 0.829. The Balaban J connectivity index is 1.57. The Bertz CT molecular complexity index is 907. The fourth-order valence-corrected chi connectivity index (χ4v) is 3.78. The summed E-state index contributed by atoms with van der Waals surface area (Å²) in [4.78, 5) is 40.9. The number of para-hydroxylation sites is 1. The summed E-state index contributed by atoms with van der Waals surface area (Å²) in [6, 6.07) is 8.75. The number of rotatable bonds is 2. The van der Waals surface area contributed by atoms with Gasteiger partial charge in [-0.25, -0.2) is 4.79 Å². The lowest BCUT2D eigenvalue weighted by Crippen LogP contribution is -2.57. The summed E-state index contributed by atoms with van der Waals surface area (Å²) in [7, 11) is 0. The van der Waals surface area contributed by atoms with E-state index in [0.717, 1.165) is 24.8 Å². The minimum Gasteiger partial charge on any atom is -0.422 e. The van der Waals surface area contributed by atoms with E-state index >= 15 is 0 Å². The zero-order chi connectivity index (χ0) is 18.1. The SMILES string of the molecule is O=C(c1cc2ccccc2oc1=O)N1CCCC(N2CCNCC2=O)C1. The van der Waals surface area contributed by atoms with Crippen LogP contribution in [0.2, 0.25) is 0 Å². The van der Waals surface area contributed by atoms with E-state index in [-0.39, 0.29) is 23.4 Å². The van der Waals surface area contributed by atoms with E-state index in [1.807, 2.05) is 17.0 Å². The lowest BCUT2D eigenvalue weighted by Gasteiger charge is -2.41. The molecular formula is C19H21N3O4. The van der Waals surface area contributed by atoms with Gasteiger partial charge >= 0.3 is 5.63 Å². The number of piperidine rings is 1. The fraction of sp³-hybridized carbons (Fsp3) is 0.421. The van der Waals surface area contributed by atoms with Gasteiger partial charge in [0, 0.05) is 37.6 Å². The van der Waals surface area contributed by atoms with Crippen LogP contribution in [0.1, 0.15) is 23.2 Å². The number of nitrogens with one attached hydrogen (secondary N) is 1.